The molecule has 19 heteroatoms. The first-order valence-corrected chi connectivity index (χ1v) is 43.5. The van der Waals surface area contributed by atoms with Crippen molar-refractivity contribution >= 4 is 39.5 Å². The first kappa shape index (κ1) is 95.5. The molecule has 0 aliphatic carbocycles. The third kappa shape index (κ3) is 70.6. The van der Waals surface area contributed by atoms with Crippen LogP contribution in [0.5, 0.6) is 0 Å². The van der Waals surface area contributed by atoms with E-state index in [0.29, 0.717) is 25.7 Å². The van der Waals surface area contributed by atoms with E-state index < -0.39 is 97.5 Å². The Bertz CT molecular complexity index is 1970. The fourth-order valence-electron chi connectivity index (χ4n) is 11.7. The summed E-state index contributed by atoms with van der Waals surface area (Å²) in [5.74, 6) is -1.29. The highest BCUT2D eigenvalue weighted by atomic mass is 31.2. The maximum atomic E-state index is 13.1. The number of esters is 4. The lowest BCUT2D eigenvalue weighted by molar-refractivity contribution is -0.161. The van der Waals surface area contributed by atoms with Crippen molar-refractivity contribution in [2.24, 2.45) is 5.92 Å². The van der Waals surface area contributed by atoms with E-state index in [9.17, 15) is 43.2 Å². The van der Waals surface area contributed by atoms with Crippen molar-refractivity contribution in [2.75, 3.05) is 39.6 Å². The van der Waals surface area contributed by atoms with E-state index in [1.807, 2.05) is 0 Å². The quantitative estimate of drug-likeness (QED) is 0.0169. The van der Waals surface area contributed by atoms with Gasteiger partial charge >= 0.3 is 39.5 Å². The molecule has 0 aliphatic rings. The Morgan fingerprint density at radius 3 is 0.867 bits per heavy atom. The van der Waals surface area contributed by atoms with E-state index in [0.717, 1.165) is 115 Å². The zero-order valence-electron chi connectivity index (χ0n) is 63.4. The molecule has 578 valence electrons. The van der Waals surface area contributed by atoms with Gasteiger partial charge < -0.3 is 33.8 Å². The van der Waals surface area contributed by atoms with Crippen molar-refractivity contribution in [1.29, 1.82) is 0 Å². The Kier molecular flexibility index (Phi) is 69.7. The van der Waals surface area contributed by atoms with Gasteiger partial charge in [-0.2, -0.15) is 0 Å². The smallest absolute Gasteiger partial charge is 0.462 e. The average molecular weight is 1430 g/mol. The van der Waals surface area contributed by atoms with Gasteiger partial charge in [0.15, 0.2) is 12.2 Å². The number of carbonyl (C=O) groups excluding carboxylic acids is 4. The lowest BCUT2D eigenvalue weighted by atomic mass is 9.99. The Morgan fingerprint density at radius 1 is 0.327 bits per heavy atom. The molecule has 0 aromatic carbocycles. The number of phosphoric ester groups is 2. The van der Waals surface area contributed by atoms with Gasteiger partial charge in [0.1, 0.15) is 19.3 Å². The fraction of sp³-hybridized carbons (Fsp3) is 0.899. The summed E-state index contributed by atoms with van der Waals surface area (Å²) in [7, 11) is -9.93. The number of allylic oxidation sites excluding steroid dienone is 4. The van der Waals surface area contributed by atoms with E-state index in [1.54, 1.807) is 0 Å². The molecule has 0 fully saturated rings. The first-order valence-electron chi connectivity index (χ1n) is 40.5. The number of carbonyl (C=O) groups is 4. The molecule has 0 radical (unpaired) electrons. The highest BCUT2D eigenvalue weighted by Gasteiger charge is 2.30. The van der Waals surface area contributed by atoms with E-state index in [1.165, 1.54) is 199 Å². The fourth-order valence-corrected chi connectivity index (χ4v) is 13.2. The summed E-state index contributed by atoms with van der Waals surface area (Å²) in [5, 5.41) is 10.6. The summed E-state index contributed by atoms with van der Waals surface area (Å²) < 4.78 is 68.6. The summed E-state index contributed by atoms with van der Waals surface area (Å²) in [4.78, 5) is 72.9. The normalized spacial score (nSPS) is 14.3. The summed E-state index contributed by atoms with van der Waals surface area (Å²) in [6.45, 7) is 7.30. The molecule has 3 unspecified atom stereocenters. The molecule has 0 saturated carbocycles. The van der Waals surface area contributed by atoms with Gasteiger partial charge in [-0.1, -0.05) is 341 Å². The van der Waals surface area contributed by atoms with Crippen molar-refractivity contribution in [3.8, 4) is 0 Å². The molecule has 0 saturated heterocycles. The zero-order valence-corrected chi connectivity index (χ0v) is 65.2. The van der Waals surface area contributed by atoms with Crippen LogP contribution in [0.3, 0.4) is 0 Å². The predicted molar refractivity (Wildman–Crippen MR) is 400 cm³/mol. The van der Waals surface area contributed by atoms with Crippen LogP contribution < -0.4 is 0 Å². The van der Waals surface area contributed by atoms with Gasteiger partial charge in [-0.15, -0.1) is 0 Å². The second kappa shape index (κ2) is 71.5. The van der Waals surface area contributed by atoms with Crippen LogP contribution in [-0.4, -0.2) is 96.7 Å². The van der Waals surface area contributed by atoms with Crippen molar-refractivity contribution in [3.63, 3.8) is 0 Å². The summed E-state index contributed by atoms with van der Waals surface area (Å²) in [5.41, 5.74) is 0. The van der Waals surface area contributed by atoms with E-state index >= 15 is 0 Å². The van der Waals surface area contributed by atoms with Crippen LogP contribution in [0, 0.1) is 5.92 Å². The minimum Gasteiger partial charge on any atom is -0.462 e. The number of aliphatic hydroxyl groups excluding tert-OH is 1. The molecule has 3 N–H and O–H groups in total. The summed E-state index contributed by atoms with van der Waals surface area (Å²) in [6.07, 6.45) is 64.3. The van der Waals surface area contributed by atoms with Gasteiger partial charge in [0.05, 0.1) is 26.4 Å². The van der Waals surface area contributed by atoms with Crippen molar-refractivity contribution in [2.45, 2.75) is 412 Å². The van der Waals surface area contributed by atoms with Crippen LogP contribution >= 0.6 is 15.6 Å². The van der Waals surface area contributed by atoms with Crippen LogP contribution in [0.2, 0.25) is 0 Å². The van der Waals surface area contributed by atoms with E-state index in [4.69, 9.17) is 37.0 Å². The molecule has 17 nitrogen and oxygen atoms in total. The molecule has 0 amide bonds. The van der Waals surface area contributed by atoms with Crippen molar-refractivity contribution in [1.82, 2.24) is 0 Å². The molecule has 6 atom stereocenters. The molecule has 0 rings (SSSR count). The third-order valence-electron chi connectivity index (χ3n) is 18.3. The number of hydrogen-bond donors (Lipinski definition) is 3. The van der Waals surface area contributed by atoms with Gasteiger partial charge in [0.25, 0.3) is 0 Å². The lowest BCUT2D eigenvalue weighted by Crippen LogP contribution is -2.30. The second-order valence-corrected chi connectivity index (χ2v) is 30.9. The number of ether oxygens (including phenoxy) is 4. The molecule has 0 spiro atoms. The molecule has 0 heterocycles. The molecule has 98 heavy (non-hydrogen) atoms. The number of hydrogen-bond acceptors (Lipinski definition) is 15. The van der Waals surface area contributed by atoms with E-state index in [2.05, 4.69) is 58.9 Å². The first-order chi connectivity index (χ1) is 47.6. The maximum Gasteiger partial charge on any atom is 0.472 e. The monoisotopic (exact) mass is 1430 g/mol. The van der Waals surface area contributed by atoms with Crippen LogP contribution in [0.4, 0.5) is 0 Å². The number of phosphoric acid groups is 2. The molecular formula is C79H150O17P2. The van der Waals surface area contributed by atoms with Crippen molar-refractivity contribution < 1.29 is 80.2 Å². The molecule has 0 aromatic rings. The summed E-state index contributed by atoms with van der Waals surface area (Å²) in [6, 6.07) is 0. The van der Waals surface area contributed by atoms with Crippen LogP contribution in [0.1, 0.15) is 394 Å². The zero-order chi connectivity index (χ0) is 71.9. The number of rotatable bonds is 77. The van der Waals surface area contributed by atoms with Crippen LogP contribution in [-0.2, 0) is 65.4 Å². The summed E-state index contributed by atoms with van der Waals surface area (Å²) >= 11 is 0. The molecule has 0 bridgehead atoms. The van der Waals surface area contributed by atoms with Crippen molar-refractivity contribution in [3.05, 3.63) is 24.3 Å². The third-order valence-corrected chi connectivity index (χ3v) is 20.2. The average Bonchev–Trinajstić information content (AvgIpc) is 1.14. The Balaban J connectivity index is 5.29. The topological polar surface area (TPSA) is 237 Å². The van der Waals surface area contributed by atoms with Gasteiger partial charge in [0.2, 0.25) is 0 Å². The molecular weight excluding hydrogens is 1280 g/mol. The largest absolute Gasteiger partial charge is 0.472 e. The van der Waals surface area contributed by atoms with Gasteiger partial charge in [-0.25, -0.2) is 9.13 Å². The second-order valence-electron chi connectivity index (χ2n) is 28.0. The lowest BCUT2D eigenvalue weighted by Gasteiger charge is -2.21. The van der Waals surface area contributed by atoms with Crippen LogP contribution in [0.15, 0.2) is 24.3 Å². The minimum absolute atomic E-state index is 0.101. The van der Waals surface area contributed by atoms with Crippen LogP contribution in [0.25, 0.3) is 0 Å². The Labute approximate surface area is 599 Å². The Morgan fingerprint density at radius 2 is 0.571 bits per heavy atom. The number of aliphatic hydroxyl groups is 1. The SMILES string of the molecule is CCCCCC/C=C\C=C/CCCCCCCC(=O)OC[C@H](COP(=O)(O)OC[C@@H](O)COP(=O)(O)OC[C@@H](COC(=O)CCCCCCCCCCCCCC)OC(=O)CCCCCCCCCCCCCCC)OC(=O)CCCCCCCCCCCCCCCCC(C)CC. The molecule has 0 aliphatic heterocycles. The predicted octanol–water partition coefficient (Wildman–Crippen LogP) is 23.2. The van der Waals surface area contributed by atoms with Gasteiger partial charge in [-0.05, 0) is 57.3 Å². The van der Waals surface area contributed by atoms with Gasteiger partial charge in [-0.3, -0.25) is 37.3 Å². The Hall–Kier alpha value is -2.46. The highest BCUT2D eigenvalue weighted by molar-refractivity contribution is 7.47. The standard InChI is InChI=1S/C79H150O17P2/c1-6-10-13-16-19-22-25-28-29-34-38-43-48-53-58-63-77(82)90-69-75(96-79(84)65-60-55-50-45-40-35-31-30-33-36-41-46-51-56-61-72(5)9-4)71-94-98(87,88)92-67-73(80)66-91-97(85,86)93-70-74(68-89-76(81)62-57-52-47-42-37-27-24-21-18-15-12-8-3)95-78(83)64-59-54-49-44-39-32-26-23-20-17-14-11-7-2/h22,25,28-29,72-75,80H,6-21,23-24,26-27,30-71H2,1-5H3,(H,85,86)(H,87,88)/b25-22-,29-28-/t72?,73-,74+,75+/m0/s1. The van der Waals surface area contributed by atoms with E-state index in [-0.39, 0.29) is 25.7 Å². The number of unbranched alkanes of at least 4 members (excludes halogenated alkanes) is 45. The molecule has 0 aromatic heterocycles. The van der Waals surface area contributed by atoms with Gasteiger partial charge in [0, 0.05) is 25.7 Å². The highest BCUT2D eigenvalue weighted by Crippen LogP contribution is 2.45. The maximum absolute atomic E-state index is 13.1. The minimum atomic E-state index is -4.97.